The number of carbonyl (C=O) groups is 2. The number of anilines is 1. The molecular weight excluding hydrogens is 295 g/mol. The van der Waals surface area contributed by atoms with E-state index in [1.165, 1.54) is 23.1 Å². The first-order valence-corrected chi connectivity index (χ1v) is 7.52. The van der Waals surface area contributed by atoms with Crippen molar-refractivity contribution >= 4 is 17.4 Å². The SMILES string of the molecule is CCN(Cc1ccccc1)CN1C(=O)C(=O)c2ccc(F)cc21. The summed E-state index contributed by atoms with van der Waals surface area (Å²) < 4.78 is 13.5. The third kappa shape index (κ3) is 3.00. The first-order valence-electron chi connectivity index (χ1n) is 7.52. The molecule has 0 bridgehead atoms. The van der Waals surface area contributed by atoms with E-state index in [0.29, 0.717) is 18.8 Å². The van der Waals surface area contributed by atoms with Gasteiger partial charge in [0.1, 0.15) is 5.82 Å². The van der Waals surface area contributed by atoms with Crippen LogP contribution in [-0.4, -0.2) is 29.8 Å². The van der Waals surface area contributed by atoms with Crippen LogP contribution >= 0.6 is 0 Å². The van der Waals surface area contributed by atoms with Crippen LogP contribution < -0.4 is 4.90 Å². The summed E-state index contributed by atoms with van der Waals surface area (Å²) in [6, 6.07) is 13.7. The van der Waals surface area contributed by atoms with E-state index in [4.69, 9.17) is 0 Å². The Kier molecular flexibility index (Phi) is 4.21. The Bertz CT molecular complexity index is 746. The number of ketones is 1. The van der Waals surface area contributed by atoms with Crippen molar-refractivity contribution in [2.24, 2.45) is 0 Å². The molecule has 0 radical (unpaired) electrons. The lowest BCUT2D eigenvalue weighted by molar-refractivity contribution is -0.114. The summed E-state index contributed by atoms with van der Waals surface area (Å²) in [4.78, 5) is 27.6. The zero-order chi connectivity index (χ0) is 16.4. The first kappa shape index (κ1) is 15.4. The minimum atomic E-state index is -0.600. The fraction of sp³-hybridized carbons (Fsp3) is 0.222. The third-order valence-electron chi connectivity index (χ3n) is 3.97. The summed E-state index contributed by atoms with van der Waals surface area (Å²) in [6.07, 6.45) is 0. The Morgan fingerprint density at radius 2 is 1.83 bits per heavy atom. The fourth-order valence-corrected chi connectivity index (χ4v) is 2.71. The van der Waals surface area contributed by atoms with Crippen molar-refractivity contribution < 1.29 is 14.0 Å². The lowest BCUT2D eigenvalue weighted by Crippen LogP contribution is -2.40. The number of nitrogens with zero attached hydrogens (tertiary/aromatic N) is 2. The lowest BCUT2D eigenvalue weighted by atomic mass is 10.1. The quantitative estimate of drug-likeness (QED) is 0.797. The van der Waals surface area contributed by atoms with E-state index in [2.05, 4.69) is 0 Å². The number of Topliss-reactive ketones (excluding diaryl/α,β-unsaturated/α-hetero) is 1. The average molecular weight is 312 g/mol. The topological polar surface area (TPSA) is 40.6 Å². The van der Waals surface area contributed by atoms with E-state index in [0.717, 1.165) is 5.56 Å². The van der Waals surface area contributed by atoms with Gasteiger partial charge in [0.15, 0.2) is 0 Å². The molecule has 23 heavy (non-hydrogen) atoms. The normalized spacial score (nSPS) is 13.8. The summed E-state index contributed by atoms with van der Waals surface area (Å²) in [5, 5.41) is 0. The van der Waals surface area contributed by atoms with Crippen LogP contribution in [0.2, 0.25) is 0 Å². The summed E-state index contributed by atoms with van der Waals surface area (Å²) in [5.74, 6) is -1.63. The summed E-state index contributed by atoms with van der Waals surface area (Å²) in [7, 11) is 0. The van der Waals surface area contributed by atoms with Crippen LogP contribution in [0.1, 0.15) is 22.8 Å². The van der Waals surface area contributed by atoms with Gasteiger partial charge < -0.3 is 0 Å². The third-order valence-corrected chi connectivity index (χ3v) is 3.97. The van der Waals surface area contributed by atoms with Gasteiger partial charge in [-0.25, -0.2) is 4.39 Å². The van der Waals surface area contributed by atoms with Crippen LogP contribution in [0.5, 0.6) is 0 Å². The highest BCUT2D eigenvalue weighted by Gasteiger charge is 2.36. The zero-order valence-electron chi connectivity index (χ0n) is 12.8. The number of carbonyl (C=O) groups excluding carboxylic acids is 2. The molecule has 2 aromatic rings. The molecule has 3 rings (SSSR count). The van der Waals surface area contributed by atoms with Crippen molar-refractivity contribution in [3.8, 4) is 0 Å². The highest BCUT2D eigenvalue weighted by Crippen LogP contribution is 2.29. The van der Waals surface area contributed by atoms with Gasteiger partial charge in [-0.1, -0.05) is 37.3 Å². The lowest BCUT2D eigenvalue weighted by Gasteiger charge is -2.26. The Balaban J connectivity index is 1.83. The van der Waals surface area contributed by atoms with Crippen molar-refractivity contribution in [3.63, 3.8) is 0 Å². The summed E-state index contributed by atoms with van der Waals surface area (Å²) in [6.45, 7) is 3.60. The standard InChI is InChI=1S/C18H17FN2O2/c1-2-20(11-13-6-4-3-5-7-13)12-21-16-10-14(19)8-9-15(16)17(22)18(21)23/h3-10H,2,11-12H2,1H3. The number of fused-ring (bicyclic) bond motifs is 1. The molecule has 0 aromatic heterocycles. The predicted octanol–water partition coefficient (Wildman–Crippen LogP) is 2.83. The maximum absolute atomic E-state index is 13.5. The Hall–Kier alpha value is -2.53. The van der Waals surface area contributed by atoms with Gasteiger partial charge >= 0.3 is 5.91 Å². The average Bonchev–Trinajstić information content (AvgIpc) is 2.79. The van der Waals surface area contributed by atoms with Crippen molar-refractivity contribution in [2.75, 3.05) is 18.1 Å². The Morgan fingerprint density at radius 1 is 1.09 bits per heavy atom. The van der Waals surface area contributed by atoms with Gasteiger partial charge in [-0.3, -0.25) is 19.4 Å². The van der Waals surface area contributed by atoms with Crippen LogP contribution in [-0.2, 0) is 11.3 Å². The molecule has 0 fully saturated rings. The molecule has 0 N–H and O–H groups in total. The van der Waals surface area contributed by atoms with Crippen molar-refractivity contribution in [2.45, 2.75) is 13.5 Å². The minimum absolute atomic E-state index is 0.256. The summed E-state index contributed by atoms with van der Waals surface area (Å²) in [5.41, 5.74) is 1.74. The zero-order valence-corrected chi connectivity index (χ0v) is 12.8. The molecule has 1 heterocycles. The second-order valence-electron chi connectivity index (χ2n) is 5.50. The highest BCUT2D eigenvalue weighted by molar-refractivity contribution is 6.52. The molecular formula is C18H17FN2O2. The molecule has 1 aliphatic heterocycles. The molecule has 1 amide bonds. The maximum atomic E-state index is 13.5. The number of amides is 1. The number of rotatable bonds is 5. The molecule has 5 heteroatoms. The fourth-order valence-electron chi connectivity index (χ4n) is 2.71. The molecule has 0 spiro atoms. The molecule has 0 atom stereocenters. The molecule has 2 aromatic carbocycles. The summed E-state index contributed by atoms with van der Waals surface area (Å²) >= 11 is 0. The van der Waals surface area contributed by atoms with Crippen LogP contribution in [0.15, 0.2) is 48.5 Å². The molecule has 1 aliphatic rings. The van der Waals surface area contributed by atoms with E-state index in [1.807, 2.05) is 42.2 Å². The van der Waals surface area contributed by atoms with E-state index >= 15 is 0 Å². The molecule has 118 valence electrons. The van der Waals surface area contributed by atoms with Crippen LogP contribution in [0, 0.1) is 5.82 Å². The van der Waals surface area contributed by atoms with E-state index < -0.39 is 17.5 Å². The van der Waals surface area contributed by atoms with Crippen LogP contribution in [0.25, 0.3) is 0 Å². The van der Waals surface area contributed by atoms with Gasteiger partial charge in [-0.05, 0) is 30.3 Å². The molecule has 0 saturated heterocycles. The number of hydrogen-bond acceptors (Lipinski definition) is 3. The first-order chi connectivity index (χ1) is 11.1. The smallest absolute Gasteiger partial charge is 0.291 e. The van der Waals surface area contributed by atoms with Gasteiger partial charge in [0, 0.05) is 6.54 Å². The largest absolute Gasteiger partial charge is 0.300 e. The maximum Gasteiger partial charge on any atom is 0.300 e. The number of benzene rings is 2. The Morgan fingerprint density at radius 3 is 2.52 bits per heavy atom. The van der Waals surface area contributed by atoms with Crippen LogP contribution in [0.3, 0.4) is 0 Å². The highest BCUT2D eigenvalue weighted by atomic mass is 19.1. The van der Waals surface area contributed by atoms with Gasteiger partial charge in [0.2, 0.25) is 0 Å². The number of hydrogen-bond donors (Lipinski definition) is 0. The Labute approximate surface area is 134 Å². The minimum Gasteiger partial charge on any atom is -0.291 e. The molecule has 0 aliphatic carbocycles. The van der Waals surface area contributed by atoms with Crippen LogP contribution in [0.4, 0.5) is 10.1 Å². The van der Waals surface area contributed by atoms with E-state index in [-0.39, 0.29) is 12.2 Å². The molecule has 0 unspecified atom stereocenters. The second kappa shape index (κ2) is 6.30. The molecule has 4 nitrogen and oxygen atoms in total. The van der Waals surface area contributed by atoms with Gasteiger partial charge in [-0.2, -0.15) is 0 Å². The van der Waals surface area contributed by atoms with Crippen molar-refractivity contribution in [1.82, 2.24) is 4.90 Å². The van der Waals surface area contributed by atoms with Gasteiger partial charge in [0.25, 0.3) is 5.78 Å². The van der Waals surface area contributed by atoms with Crippen molar-refractivity contribution in [1.29, 1.82) is 0 Å². The van der Waals surface area contributed by atoms with Gasteiger partial charge in [0.05, 0.1) is 17.9 Å². The van der Waals surface area contributed by atoms with Gasteiger partial charge in [-0.15, -0.1) is 0 Å². The van der Waals surface area contributed by atoms with E-state index in [9.17, 15) is 14.0 Å². The number of halogens is 1. The predicted molar refractivity (Wildman–Crippen MR) is 85.6 cm³/mol. The monoisotopic (exact) mass is 312 g/mol. The second-order valence-corrected chi connectivity index (χ2v) is 5.50. The molecule has 0 saturated carbocycles. The van der Waals surface area contributed by atoms with E-state index in [1.54, 1.807) is 0 Å². The van der Waals surface area contributed by atoms with Crippen molar-refractivity contribution in [3.05, 3.63) is 65.5 Å².